The average molecular weight is 302 g/mol. The summed E-state index contributed by atoms with van der Waals surface area (Å²) >= 11 is 1.61. The molecule has 0 radical (unpaired) electrons. The molecule has 0 spiro atoms. The number of carboxylic acids is 1. The van der Waals surface area contributed by atoms with Crippen molar-refractivity contribution in [3.8, 4) is 0 Å². The summed E-state index contributed by atoms with van der Waals surface area (Å²) in [6.45, 7) is 4.03. The first kappa shape index (κ1) is 13.6. The summed E-state index contributed by atoms with van der Waals surface area (Å²) in [5.41, 5.74) is 6.06. The van der Waals surface area contributed by atoms with E-state index in [0.29, 0.717) is 11.0 Å². The molecule has 0 bridgehead atoms. The first-order valence-electron chi connectivity index (χ1n) is 6.32. The Kier molecular flexibility index (Phi) is 2.94. The maximum Gasteiger partial charge on any atom is 0.338 e. The zero-order valence-corrected chi connectivity index (χ0v) is 12.4. The molecule has 0 aliphatic rings. The number of nitrogens with two attached hydrogens (primary N) is 1. The Morgan fingerprint density at radius 1 is 1.43 bits per heavy atom. The van der Waals surface area contributed by atoms with Crippen LogP contribution >= 0.6 is 11.3 Å². The molecule has 0 fully saturated rings. The Hall–Kier alpha value is -2.41. The van der Waals surface area contributed by atoms with Crippen molar-refractivity contribution in [3.63, 3.8) is 0 Å². The number of aromatic carboxylic acids is 1. The van der Waals surface area contributed by atoms with Crippen LogP contribution in [0.2, 0.25) is 0 Å². The highest BCUT2D eigenvalue weighted by Crippen LogP contribution is 2.35. The van der Waals surface area contributed by atoms with Gasteiger partial charge in [-0.15, -0.1) is 11.3 Å². The maximum atomic E-state index is 11.5. The van der Waals surface area contributed by atoms with E-state index in [1.54, 1.807) is 17.5 Å². The second-order valence-corrected chi connectivity index (χ2v) is 6.16. The first-order valence-corrected chi connectivity index (χ1v) is 7.20. The molecule has 0 saturated carbocycles. The Morgan fingerprint density at radius 3 is 2.81 bits per heavy atom. The largest absolute Gasteiger partial charge is 0.478 e. The van der Waals surface area contributed by atoms with Gasteiger partial charge in [0, 0.05) is 11.1 Å². The van der Waals surface area contributed by atoms with Gasteiger partial charge in [0.1, 0.15) is 17.8 Å². The van der Waals surface area contributed by atoms with Gasteiger partial charge in [-0.1, -0.05) is 6.07 Å². The van der Waals surface area contributed by atoms with E-state index < -0.39 is 11.5 Å². The Labute approximate surface area is 124 Å². The summed E-state index contributed by atoms with van der Waals surface area (Å²) in [5.74, 6) is -0.861. The number of nitrogens with zero attached hydrogens (tertiary/aromatic N) is 3. The predicted octanol–water partition coefficient (Wildman–Crippen LogP) is 2.56. The first-order chi connectivity index (χ1) is 9.93. The molecule has 7 heteroatoms. The van der Waals surface area contributed by atoms with Crippen molar-refractivity contribution < 1.29 is 9.90 Å². The molecule has 3 heterocycles. The number of hydrogen-bond acceptors (Lipinski definition) is 5. The number of fused-ring (bicyclic) bond motifs is 1. The molecule has 3 aromatic heterocycles. The minimum atomic E-state index is -1.04. The van der Waals surface area contributed by atoms with E-state index in [0.717, 1.165) is 4.88 Å². The summed E-state index contributed by atoms with van der Waals surface area (Å²) in [6.07, 6.45) is 2.93. The van der Waals surface area contributed by atoms with Crippen LogP contribution in [0.1, 0.15) is 29.1 Å². The topological polar surface area (TPSA) is 94.0 Å². The lowest BCUT2D eigenvalue weighted by molar-refractivity contribution is 0.0698. The SMILES string of the molecule is CC(C)(c1cccs1)n1cc(C(=O)O)c2c(N)ncnc21. The number of anilines is 1. The van der Waals surface area contributed by atoms with Crippen molar-refractivity contribution in [1.82, 2.24) is 14.5 Å². The molecule has 3 rings (SSSR count). The van der Waals surface area contributed by atoms with E-state index in [9.17, 15) is 9.90 Å². The molecule has 0 aliphatic carbocycles. The van der Waals surface area contributed by atoms with Gasteiger partial charge in [-0.3, -0.25) is 0 Å². The number of carboxylic acid groups (broad SMARTS) is 1. The van der Waals surface area contributed by atoms with Crippen LogP contribution in [-0.4, -0.2) is 25.6 Å². The van der Waals surface area contributed by atoms with Gasteiger partial charge >= 0.3 is 5.97 Å². The summed E-state index contributed by atoms with van der Waals surface area (Å²) in [7, 11) is 0. The van der Waals surface area contributed by atoms with Gasteiger partial charge in [-0.05, 0) is 25.3 Å². The van der Waals surface area contributed by atoms with Crippen molar-refractivity contribution in [2.75, 3.05) is 5.73 Å². The molecule has 0 aliphatic heterocycles. The maximum absolute atomic E-state index is 11.5. The van der Waals surface area contributed by atoms with Gasteiger partial charge in [0.05, 0.1) is 16.5 Å². The summed E-state index contributed by atoms with van der Waals surface area (Å²) < 4.78 is 1.84. The molecular formula is C14H14N4O2S. The van der Waals surface area contributed by atoms with Crippen molar-refractivity contribution in [2.45, 2.75) is 19.4 Å². The summed E-state index contributed by atoms with van der Waals surface area (Å²) in [6, 6.07) is 3.98. The smallest absolute Gasteiger partial charge is 0.338 e. The number of rotatable bonds is 3. The number of carbonyl (C=O) groups is 1. The van der Waals surface area contributed by atoms with Crippen molar-refractivity contribution in [1.29, 1.82) is 0 Å². The second kappa shape index (κ2) is 4.56. The van der Waals surface area contributed by atoms with Crippen LogP contribution in [0.4, 0.5) is 5.82 Å². The van der Waals surface area contributed by atoms with Crippen LogP contribution in [-0.2, 0) is 5.54 Å². The van der Waals surface area contributed by atoms with Crippen LogP contribution in [0.5, 0.6) is 0 Å². The number of aromatic nitrogens is 3. The van der Waals surface area contributed by atoms with Crippen LogP contribution in [0.15, 0.2) is 30.0 Å². The van der Waals surface area contributed by atoms with E-state index >= 15 is 0 Å². The Morgan fingerprint density at radius 2 is 2.19 bits per heavy atom. The zero-order chi connectivity index (χ0) is 15.2. The summed E-state index contributed by atoms with van der Waals surface area (Å²) in [4.78, 5) is 20.7. The van der Waals surface area contributed by atoms with Gasteiger partial charge in [-0.25, -0.2) is 14.8 Å². The Bertz CT molecular complexity index is 821. The van der Waals surface area contributed by atoms with Crippen LogP contribution < -0.4 is 5.73 Å². The predicted molar refractivity (Wildman–Crippen MR) is 81.6 cm³/mol. The minimum absolute atomic E-state index is 0.118. The number of nitrogen functional groups attached to an aromatic ring is 1. The lowest BCUT2D eigenvalue weighted by Gasteiger charge is -2.26. The molecule has 0 atom stereocenters. The third kappa shape index (κ3) is 1.97. The van der Waals surface area contributed by atoms with E-state index in [1.165, 1.54) is 6.33 Å². The third-order valence-corrected chi connectivity index (χ3v) is 4.75. The molecule has 0 unspecified atom stereocenters. The molecule has 3 aromatic rings. The van der Waals surface area contributed by atoms with Crippen molar-refractivity contribution in [3.05, 3.63) is 40.5 Å². The molecular weight excluding hydrogens is 288 g/mol. The molecule has 0 amide bonds. The van der Waals surface area contributed by atoms with Crippen LogP contribution in [0, 0.1) is 0 Å². The van der Waals surface area contributed by atoms with Gasteiger partial charge < -0.3 is 15.4 Å². The zero-order valence-electron chi connectivity index (χ0n) is 11.6. The molecule has 0 saturated heterocycles. The fourth-order valence-corrected chi connectivity index (χ4v) is 3.27. The highest BCUT2D eigenvalue weighted by Gasteiger charge is 2.29. The highest BCUT2D eigenvalue weighted by molar-refractivity contribution is 7.10. The fourth-order valence-electron chi connectivity index (χ4n) is 2.42. The Balaban J connectivity index is 2.34. The monoisotopic (exact) mass is 302 g/mol. The number of hydrogen-bond donors (Lipinski definition) is 2. The van der Waals surface area contributed by atoms with E-state index in [-0.39, 0.29) is 11.4 Å². The van der Waals surface area contributed by atoms with Crippen molar-refractivity contribution in [2.24, 2.45) is 0 Å². The lowest BCUT2D eigenvalue weighted by Crippen LogP contribution is -2.26. The quantitative estimate of drug-likeness (QED) is 0.775. The van der Waals surface area contributed by atoms with Crippen LogP contribution in [0.3, 0.4) is 0 Å². The lowest BCUT2D eigenvalue weighted by atomic mass is 10.0. The average Bonchev–Trinajstić information content (AvgIpc) is 3.07. The molecule has 3 N–H and O–H groups in total. The van der Waals surface area contributed by atoms with E-state index in [1.807, 2.05) is 35.9 Å². The normalized spacial score (nSPS) is 11.9. The molecule has 0 aromatic carbocycles. The van der Waals surface area contributed by atoms with Crippen LogP contribution in [0.25, 0.3) is 11.0 Å². The third-order valence-electron chi connectivity index (χ3n) is 3.57. The van der Waals surface area contributed by atoms with Gasteiger partial charge in [0.15, 0.2) is 0 Å². The molecule has 21 heavy (non-hydrogen) atoms. The number of thiophene rings is 1. The van der Waals surface area contributed by atoms with E-state index in [2.05, 4.69) is 9.97 Å². The van der Waals surface area contributed by atoms with Gasteiger partial charge in [-0.2, -0.15) is 0 Å². The molecule has 108 valence electrons. The molecule has 6 nitrogen and oxygen atoms in total. The summed E-state index contributed by atoms with van der Waals surface area (Å²) in [5, 5.41) is 11.8. The van der Waals surface area contributed by atoms with Crippen molar-refractivity contribution >= 4 is 34.2 Å². The second-order valence-electron chi connectivity index (χ2n) is 5.21. The highest BCUT2D eigenvalue weighted by atomic mass is 32.1. The standard InChI is InChI=1S/C14H14N4O2S/c1-14(2,9-4-3-5-21-9)18-6-8(13(19)20)10-11(15)16-7-17-12(10)18/h3-7H,1-2H3,(H,19,20)(H2,15,16,17). The minimum Gasteiger partial charge on any atom is -0.478 e. The van der Waals surface area contributed by atoms with Gasteiger partial charge in [0.2, 0.25) is 0 Å². The fraction of sp³-hybridized carbons (Fsp3) is 0.214. The van der Waals surface area contributed by atoms with E-state index in [4.69, 9.17) is 5.73 Å². The van der Waals surface area contributed by atoms with Gasteiger partial charge in [0.25, 0.3) is 0 Å².